The summed E-state index contributed by atoms with van der Waals surface area (Å²) in [6.45, 7) is 1.03. The molecule has 182 valence electrons. The second-order valence-corrected chi connectivity index (χ2v) is 9.42. The first-order valence-electron chi connectivity index (χ1n) is 12.6. The van der Waals surface area contributed by atoms with Gasteiger partial charge in [-0.25, -0.2) is 0 Å². The van der Waals surface area contributed by atoms with Crippen LogP contribution in [0.15, 0.2) is 67.0 Å². The molecule has 2 N–H and O–H groups in total. The maximum absolute atomic E-state index is 14.0. The standard InChI is InChI=1S/C28H32N4O3/c33-27(30-22-9-4-5-10-22)26(21-14-16-29-17-15-21)32(19-23-11-6-18-35-23)28(34)25-13-12-24(31-25)20-7-2-1-3-8-20/h1-3,7-8,12-17,22-23,26,31H,4-6,9-11,18-19H2,(H,30,33)/t23-,26-/m1/s1. The Morgan fingerprint density at radius 2 is 1.77 bits per heavy atom. The van der Waals surface area contributed by atoms with Crippen molar-refractivity contribution in [2.24, 2.45) is 0 Å². The minimum Gasteiger partial charge on any atom is -0.376 e. The molecule has 2 amide bonds. The first-order valence-corrected chi connectivity index (χ1v) is 12.6. The lowest BCUT2D eigenvalue weighted by Gasteiger charge is -2.33. The van der Waals surface area contributed by atoms with Gasteiger partial charge in [0.05, 0.1) is 6.10 Å². The molecule has 1 saturated heterocycles. The van der Waals surface area contributed by atoms with Gasteiger partial charge in [0, 0.05) is 37.3 Å². The van der Waals surface area contributed by atoms with Crippen molar-refractivity contribution in [3.8, 4) is 11.3 Å². The molecule has 1 aromatic carbocycles. The van der Waals surface area contributed by atoms with E-state index in [0.29, 0.717) is 18.8 Å². The van der Waals surface area contributed by atoms with Crippen LogP contribution in [-0.2, 0) is 9.53 Å². The lowest BCUT2D eigenvalue weighted by molar-refractivity contribution is -0.127. The molecule has 3 aromatic rings. The molecule has 0 spiro atoms. The Bertz CT molecular complexity index is 1120. The summed E-state index contributed by atoms with van der Waals surface area (Å²) in [5.41, 5.74) is 3.06. The van der Waals surface area contributed by atoms with Gasteiger partial charge in [0.15, 0.2) is 0 Å². The van der Waals surface area contributed by atoms with Crippen molar-refractivity contribution in [1.82, 2.24) is 20.2 Å². The highest BCUT2D eigenvalue weighted by molar-refractivity contribution is 5.97. The lowest BCUT2D eigenvalue weighted by Crippen LogP contribution is -2.48. The third kappa shape index (κ3) is 5.46. The summed E-state index contributed by atoms with van der Waals surface area (Å²) in [6.07, 6.45) is 9.27. The van der Waals surface area contributed by atoms with Gasteiger partial charge < -0.3 is 19.9 Å². The van der Waals surface area contributed by atoms with Crippen LogP contribution in [0.3, 0.4) is 0 Å². The molecule has 2 aliphatic rings. The molecule has 2 aromatic heterocycles. The number of aromatic amines is 1. The number of ether oxygens (including phenoxy) is 1. The highest BCUT2D eigenvalue weighted by Gasteiger charge is 2.36. The summed E-state index contributed by atoms with van der Waals surface area (Å²) in [7, 11) is 0. The van der Waals surface area contributed by atoms with Crippen LogP contribution in [-0.4, -0.2) is 52.0 Å². The molecule has 0 unspecified atom stereocenters. The Balaban J connectivity index is 1.48. The molecule has 7 nitrogen and oxygen atoms in total. The Kier molecular flexibility index (Phi) is 7.23. The van der Waals surface area contributed by atoms with E-state index >= 15 is 0 Å². The summed E-state index contributed by atoms with van der Waals surface area (Å²) >= 11 is 0. The van der Waals surface area contributed by atoms with Gasteiger partial charge in [-0.3, -0.25) is 14.6 Å². The monoisotopic (exact) mass is 472 g/mol. The molecule has 5 rings (SSSR count). The number of rotatable bonds is 8. The van der Waals surface area contributed by atoms with Crippen LogP contribution in [0.2, 0.25) is 0 Å². The van der Waals surface area contributed by atoms with E-state index in [4.69, 9.17) is 4.74 Å². The Morgan fingerprint density at radius 1 is 1.00 bits per heavy atom. The van der Waals surface area contributed by atoms with E-state index < -0.39 is 6.04 Å². The number of aromatic nitrogens is 2. The maximum Gasteiger partial charge on any atom is 0.271 e. The number of H-pyrrole nitrogens is 1. The lowest BCUT2D eigenvalue weighted by atomic mass is 10.0. The van der Waals surface area contributed by atoms with Gasteiger partial charge in [-0.15, -0.1) is 0 Å². The van der Waals surface area contributed by atoms with Crippen molar-refractivity contribution < 1.29 is 14.3 Å². The smallest absolute Gasteiger partial charge is 0.271 e. The maximum atomic E-state index is 14.0. The number of pyridine rings is 1. The molecule has 2 fully saturated rings. The number of nitrogens with zero attached hydrogens (tertiary/aromatic N) is 2. The van der Waals surface area contributed by atoms with Crippen LogP contribution in [0, 0.1) is 0 Å². The second-order valence-electron chi connectivity index (χ2n) is 9.42. The van der Waals surface area contributed by atoms with E-state index in [0.717, 1.165) is 55.3 Å². The first kappa shape index (κ1) is 23.3. The third-order valence-corrected chi connectivity index (χ3v) is 6.97. The van der Waals surface area contributed by atoms with Crippen molar-refractivity contribution in [3.05, 3.63) is 78.2 Å². The van der Waals surface area contributed by atoms with E-state index in [1.807, 2.05) is 48.5 Å². The Labute approximate surface area is 205 Å². The van der Waals surface area contributed by atoms with Crippen molar-refractivity contribution >= 4 is 11.8 Å². The fraction of sp³-hybridized carbons (Fsp3) is 0.393. The minimum atomic E-state index is -0.765. The summed E-state index contributed by atoms with van der Waals surface area (Å²) < 4.78 is 5.90. The molecule has 7 heteroatoms. The van der Waals surface area contributed by atoms with Crippen LogP contribution in [0.1, 0.15) is 60.6 Å². The largest absolute Gasteiger partial charge is 0.376 e. The number of amides is 2. The van der Waals surface area contributed by atoms with E-state index in [1.54, 1.807) is 23.4 Å². The van der Waals surface area contributed by atoms with E-state index in [-0.39, 0.29) is 24.0 Å². The fourth-order valence-electron chi connectivity index (χ4n) is 5.14. The average Bonchev–Trinajstić information content (AvgIpc) is 3.68. The number of benzene rings is 1. The van der Waals surface area contributed by atoms with Crippen LogP contribution in [0.25, 0.3) is 11.3 Å². The van der Waals surface area contributed by atoms with Crippen LogP contribution < -0.4 is 5.32 Å². The topological polar surface area (TPSA) is 87.3 Å². The third-order valence-electron chi connectivity index (χ3n) is 6.97. The summed E-state index contributed by atoms with van der Waals surface area (Å²) in [4.78, 5) is 36.8. The van der Waals surface area contributed by atoms with E-state index in [1.165, 1.54) is 0 Å². The molecule has 35 heavy (non-hydrogen) atoms. The molecule has 0 bridgehead atoms. The van der Waals surface area contributed by atoms with Gasteiger partial charge >= 0.3 is 0 Å². The van der Waals surface area contributed by atoms with Gasteiger partial charge in [0.25, 0.3) is 5.91 Å². The normalized spacial score (nSPS) is 18.9. The van der Waals surface area contributed by atoms with Crippen LogP contribution in [0.4, 0.5) is 0 Å². The molecule has 1 aliphatic heterocycles. The molecule has 1 saturated carbocycles. The molecule has 2 atom stereocenters. The number of nitrogens with one attached hydrogen (secondary N) is 2. The van der Waals surface area contributed by atoms with Crippen LogP contribution >= 0.6 is 0 Å². The van der Waals surface area contributed by atoms with Gasteiger partial charge in [-0.2, -0.15) is 0 Å². The Morgan fingerprint density at radius 3 is 2.49 bits per heavy atom. The highest BCUT2D eigenvalue weighted by Crippen LogP contribution is 2.28. The van der Waals surface area contributed by atoms with Gasteiger partial charge in [0.1, 0.15) is 11.7 Å². The van der Waals surface area contributed by atoms with Gasteiger partial charge in [0.2, 0.25) is 5.91 Å². The molecular weight excluding hydrogens is 440 g/mol. The molecule has 0 radical (unpaired) electrons. The number of carbonyl (C=O) groups excluding carboxylic acids is 2. The number of carbonyl (C=O) groups is 2. The SMILES string of the molecule is O=C(NC1CCCC1)[C@@H](c1ccncc1)N(C[C@H]1CCCO1)C(=O)c1ccc(-c2ccccc2)[nH]1. The van der Waals surface area contributed by atoms with Gasteiger partial charge in [-0.1, -0.05) is 43.2 Å². The van der Waals surface area contributed by atoms with E-state index in [9.17, 15) is 9.59 Å². The summed E-state index contributed by atoms with van der Waals surface area (Å²) in [5.74, 6) is -0.365. The van der Waals surface area contributed by atoms with E-state index in [2.05, 4.69) is 15.3 Å². The summed E-state index contributed by atoms with van der Waals surface area (Å²) in [6, 6.07) is 16.6. The average molecular weight is 473 g/mol. The number of hydrogen-bond acceptors (Lipinski definition) is 4. The predicted octanol–water partition coefficient (Wildman–Crippen LogP) is 4.50. The quantitative estimate of drug-likeness (QED) is 0.505. The zero-order valence-corrected chi connectivity index (χ0v) is 19.9. The molecule has 3 heterocycles. The zero-order valence-electron chi connectivity index (χ0n) is 19.9. The van der Waals surface area contributed by atoms with Gasteiger partial charge in [-0.05, 0) is 61.1 Å². The fourth-order valence-corrected chi connectivity index (χ4v) is 5.14. The zero-order chi connectivity index (χ0) is 24.0. The molecular formula is C28H32N4O3. The van der Waals surface area contributed by atoms with Crippen molar-refractivity contribution in [3.63, 3.8) is 0 Å². The van der Waals surface area contributed by atoms with Crippen molar-refractivity contribution in [1.29, 1.82) is 0 Å². The predicted molar refractivity (Wildman–Crippen MR) is 134 cm³/mol. The highest BCUT2D eigenvalue weighted by atomic mass is 16.5. The van der Waals surface area contributed by atoms with Crippen molar-refractivity contribution in [2.75, 3.05) is 13.2 Å². The number of hydrogen-bond donors (Lipinski definition) is 2. The summed E-state index contributed by atoms with van der Waals surface area (Å²) in [5, 5.41) is 3.22. The first-order chi connectivity index (χ1) is 17.2. The Hall–Kier alpha value is -3.45. The minimum absolute atomic E-state index is 0.0916. The second kappa shape index (κ2) is 10.9. The molecule has 1 aliphatic carbocycles. The van der Waals surface area contributed by atoms with Crippen molar-refractivity contribution in [2.45, 2.75) is 56.7 Å². The van der Waals surface area contributed by atoms with Crippen LogP contribution in [0.5, 0.6) is 0 Å².